The van der Waals surface area contributed by atoms with Gasteiger partial charge in [0.2, 0.25) is 0 Å². The lowest BCUT2D eigenvalue weighted by Gasteiger charge is -2.07. The van der Waals surface area contributed by atoms with Crippen molar-refractivity contribution in [2.75, 3.05) is 6.61 Å². The van der Waals surface area contributed by atoms with Crippen molar-refractivity contribution < 1.29 is 14.4 Å². The number of ether oxygens (including phenoxy) is 1. The summed E-state index contributed by atoms with van der Waals surface area (Å²) >= 11 is 5.85. The van der Waals surface area contributed by atoms with Gasteiger partial charge in [0.25, 0.3) is 0 Å². The highest BCUT2D eigenvalue weighted by atomic mass is 35.5. The third-order valence-electron chi connectivity index (χ3n) is 1.88. The summed E-state index contributed by atoms with van der Waals surface area (Å²) < 4.78 is 5.33. The number of hydrogen-bond acceptors (Lipinski definition) is 5. The smallest absolute Gasteiger partial charge is 0.329 e. The van der Waals surface area contributed by atoms with Crippen molar-refractivity contribution in [3.63, 3.8) is 0 Å². The maximum atomic E-state index is 10.9. The molecule has 1 aromatic carbocycles. The third kappa shape index (κ3) is 4.06. The molecule has 6 heteroatoms. The fourth-order valence-electron chi connectivity index (χ4n) is 1.08. The molecule has 1 aromatic rings. The summed E-state index contributed by atoms with van der Waals surface area (Å²) in [5.41, 5.74) is 2.73. The first-order chi connectivity index (χ1) is 7.63. The zero-order valence-corrected chi connectivity index (χ0v) is 9.58. The van der Waals surface area contributed by atoms with Gasteiger partial charge in [0.15, 0.2) is 0 Å². The average molecular weight is 245 g/mol. The molecule has 0 aliphatic heterocycles. The van der Waals surface area contributed by atoms with E-state index in [9.17, 15) is 4.79 Å². The molecule has 0 aromatic heterocycles. The molecule has 16 heavy (non-hydrogen) atoms. The van der Waals surface area contributed by atoms with Crippen LogP contribution in [0.15, 0.2) is 18.2 Å². The molecule has 0 aliphatic carbocycles. The Balaban J connectivity index is 2.37. The molecule has 1 rings (SSSR count). The number of rotatable bonds is 5. The molecule has 0 radical (unpaired) electrons. The molecule has 0 saturated carbocycles. The number of nitrogens with two attached hydrogens (primary N) is 1. The van der Waals surface area contributed by atoms with Crippen molar-refractivity contribution in [1.29, 1.82) is 0 Å². The summed E-state index contributed by atoms with van der Waals surface area (Å²) in [5, 5.41) is 0.680. The topological polar surface area (TPSA) is 73.6 Å². The molecular weight excluding hydrogens is 232 g/mol. The number of carbonyl (C=O) groups excluding carboxylic acids is 1. The van der Waals surface area contributed by atoms with E-state index in [0.29, 0.717) is 10.8 Å². The minimum atomic E-state index is -0.479. The Labute approximate surface area is 98.4 Å². The average Bonchev–Trinajstić information content (AvgIpc) is 2.24. The molecule has 0 atom stereocenters. The Bertz CT molecular complexity index is 371. The van der Waals surface area contributed by atoms with E-state index in [1.165, 1.54) is 0 Å². The van der Waals surface area contributed by atoms with Crippen molar-refractivity contribution in [3.8, 4) is 5.75 Å². The van der Waals surface area contributed by atoms with Crippen LogP contribution in [0.25, 0.3) is 0 Å². The van der Waals surface area contributed by atoms with Gasteiger partial charge in [-0.1, -0.05) is 17.2 Å². The van der Waals surface area contributed by atoms with Crippen molar-refractivity contribution in [3.05, 3.63) is 28.8 Å². The van der Waals surface area contributed by atoms with Crippen molar-refractivity contribution in [1.82, 2.24) is 5.59 Å². The van der Waals surface area contributed by atoms with Gasteiger partial charge < -0.3 is 9.57 Å². The van der Waals surface area contributed by atoms with Crippen LogP contribution in [0, 0.1) is 6.92 Å². The van der Waals surface area contributed by atoms with E-state index in [4.69, 9.17) is 22.2 Å². The monoisotopic (exact) mass is 244 g/mol. The zero-order chi connectivity index (χ0) is 12.0. The number of halogens is 1. The van der Waals surface area contributed by atoms with E-state index < -0.39 is 5.97 Å². The van der Waals surface area contributed by atoms with Crippen molar-refractivity contribution in [2.45, 2.75) is 13.3 Å². The number of carbonyl (C=O) groups is 1. The minimum Gasteiger partial charge on any atom is -0.493 e. The molecule has 5 nitrogen and oxygen atoms in total. The molecule has 0 unspecified atom stereocenters. The predicted octanol–water partition coefficient (Wildman–Crippen LogP) is 1.34. The highest BCUT2D eigenvalue weighted by molar-refractivity contribution is 6.31. The Hall–Kier alpha value is -1.30. The van der Waals surface area contributed by atoms with Gasteiger partial charge in [0, 0.05) is 5.02 Å². The van der Waals surface area contributed by atoms with Crippen LogP contribution in [-0.2, 0) is 9.63 Å². The number of aryl methyl sites for hydroxylation is 1. The quantitative estimate of drug-likeness (QED) is 0.604. The van der Waals surface area contributed by atoms with E-state index in [-0.39, 0.29) is 13.0 Å². The molecule has 3 N–H and O–H groups in total. The maximum absolute atomic E-state index is 10.9. The number of benzene rings is 1. The Kier molecular flexibility index (Phi) is 5.04. The summed E-state index contributed by atoms with van der Waals surface area (Å²) in [7, 11) is 0. The van der Waals surface area contributed by atoms with E-state index in [2.05, 4.69) is 4.84 Å². The van der Waals surface area contributed by atoms with Crippen LogP contribution in [0.5, 0.6) is 5.75 Å². The van der Waals surface area contributed by atoms with Crippen LogP contribution in [-0.4, -0.2) is 12.6 Å². The Morgan fingerprint density at radius 3 is 2.94 bits per heavy atom. The van der Waals surface area contributed by atoms with Crippen molar-refractivity contribution in [2.24, 2.45) is 5.84 Å². The standard InChI is InChI=1S/C10H13ClN2O3/c1-7-6-8(2-3-9(7)11)15-5-4-10(14)16-13-12/h2-3,6,13H,4-5,12H2,1H3. The van der Waals surface area contributed by atoms with E-state index >= 15 is 0 Å². The van der Waals surface area contributed by atoms with E-state index in [0.717, 1.165) is 5.56 Å². The van der Waals surface area contributed by atoms with Gasteiger partial charge in [-0.15, -0.1) is 0 Å². The van der Waals surface area contributed by atoms with Gasteiger partial charge in [-0.25, -0.2) is 5.84 Å². The van der Waals surface area contributed by atoms with Gasteiger partial charge in [0.1, 0.15) is 5.75 Å². The highest BCUT2D eigenvalue weighted by Gasteiger charge is 2.03. The first kappa shape index (κ1) is 12.8. The summed E-state index contributed by atoms with van der Waals surface area (Å²) in [6, 6.07) is 5.28. The third-order valence-corrected chi connectivity index (χ3v) is 2.30. The maximum Gasteiger partial charge on any atom is 0.329 e. The normalized spacial score (nSPS) is 9.94. The zero-order valence-electron chi connectivity index (χ0n) is 8.83. The first-order valence-electron chi connectivity index (χ1n) is 4.67. The highest BCUT2D eigenvalue weighted by Crippen LogP contribution is 2.20. The largest absolute Gasteiger partial charge is 0.493 e. The van der Waals surface area contributed by atoms with Gasteiger partial charge >= 0.3 is 5.97 Å². The van der Waals surface area contributed by atoms with Crippen LogP contribution < -0.4 is 16.2 Å². The first-order valence-corrected chi connectivity index (χ1v) is 5.05. The van der Waals surface area contributed by atoms with Gasteiger partial charge in [-0.2, -0.15) is 0 Å². The molecule has 0 amide bonds. The predicted molar refractivity (Wildman–Crippen MR) is 59.7 cm³/mol. The van der Waals surface area contributed by atoms with Crippen LogP contribution in [0.3, 0.4) is 0 Å². The second kappa shape index (κ2) is 6.32. The molecule has 0 aliphatic rings. The lowest BCUT2D eigenvalue weighted by molar-refractivity contribution is -0.151. The lowest BCUT2D eigenvalue weighted by atomic mass is 10.2. The fraction of sp³-hybridized carbons (Fsp3) is 0.300. The van der Waals surface area contributed by atoms with E-state index in [1.54, 1.807) is 18.2 Å². The SMILES string of the molecule is Cc1cc(OCCC(=O)ONN)ccc1Cl. The van der Waals surface area contributed by atoms with Crippen molar-refractivity contribution >= 4 is 17.6 Å². The van der Waals surface area contributed by atoms with Crippen LogP contribution in [0.2, 0.25) is 5.02 Å². The summed E-state index contributed by atoms with van der Waals surface area (Å²) in [6.45, 7) is 2.10. The van der Waals surface area contributed by atoms with Gasteiger partial charge in [-0.3, -0.25) is 4.79 Å². The van der Waals surface area contributed by atoms with Gasteiger partial charge in [0.05, 0.1) is 13.0 Å². The van der Waals surface area contributed by atoms with Gasteiger partial charge in [-0.05, 0) is 30.7 Å². The Morgan fingerprint density at radius 1 is 1.56 bits per heavy atom. The lowest BCUT2D eigenvalue weighted by Crippen LogP contribution is -2.26. The fourth-order valence-corrected chi connectivity index (χ4v) is 1.19. The molecule has 0 bridgehead atoms. The summed E-state index contributed by atoms with van der Waals surface area (Å²) in [5.74, 6) is 4.98. The molecule has 88 valence electrons. The summed E-state index contributed by atoms with van der Waals surface area (Å²) in [6.07, 6.45) is 0.117. The minimum absolute atomic E-state index is 0.117. The number of nitrogens with one attached hydrogen (secondary N) is 1. The van der Waals surface area contributed by atoms with E-state index in [1.807, 2.05) is 12.5 Å². The summed E-state index contributed by atoms with van der Waals surface area (Å²) in [4.78, 5) is 15.2. The number of hydrogen-bond donors (Lipinski definition) is 2. The molecule has 0 heterocycles. The molecule has 0 saturated heterocycles. The van der Waals surface area contributed by atoms with Crippen LogP contribution >= 0.6 is 11.6 Å². The van der Waals surface area contributed by atoms with Crippen LogP contribution in [0.1, 0.15) is 12.0 Å². The molecule has 0 spiro atoms. The second-order valence-corrected chi connectivity index (χ2v) is 3.51. The molecule has 0 fully saturated rings. The van der Waals surface area contributed by atoms with Crippen LogP contribution in [0.4, 0.5) is 0 Å². The second-order valence-electron chi connectivity index (χ2n) is 3.10. The Morgan fingerprint density at radius 2 is 2.31 bits per heavy atom. The number of hydrazine groups is 1. The molecular formula is C10H13ClN2O3.